The Hall–Kier alpha value is -3.15. The largest absolute Gasteiger partial charge is 0.354 e. The third-order valence-corrected chi connectivity index (χ3v) is 3.73. The van der Waals surface area contributed by atoms with E-state index in [-0.39, 0.29) is 36.7 Å². The average molecular weight is 367 g/mol. The van der Waals surface area contributed by atoms with Crippen molar-refractivity contribution in [2.75, 3.05) is 11.9 Å². The number of nitrogens with one attached hydrogen (secondary N) is 3. The van der Waals surface area contributed by atoms with Crippen LogP contribution in [0, 0.1) is 0 Å². The van der Waals surface area contributed by atoms with Crippen molar-refractivity contribution < 1.29 is 14.4 Å². The minimum atomic E-state index is -0.201. The highest BCUT2D eigenvalue weighted by molar-refractivity contribution is 5.95. The van der Waals surface area contributed by atoms with Gasteiger partial charge in [0.1, 0.15) is 0 Å². The molecule has 6 heteroatoms. The van der Waals surface area contributed by atoms with Crippen molar-refractivity contribution in [3.63, 3.8) is 0 Å². The summed E-state index contributed by atoms with van der Waals surface area (Å²) in [5.74, 6) is -0.419. The first kappa shape index (κ1) is 20.2. The van der Waals surface area contributed by atoms with E-state index in [2.05, 4.69) is 16.0 Å². The summed E-state index contributed by atoms with van der Waals surface area (Å²) in [5.41, 5.74) is 2.10. The summed E-state index contributed by atoms with van der Waals surface area (Å²) in [7, 11) is 0. The van der Waals surface area contributed by atoms with Crippen molar-refractivity contribution in [1.29, 1.82) is 0 Å². The van der Waals surface area contributed by atoms with Gasteiger partial charge in [-0.15, -0.1) is 0 Å². The van der Waals surface area contributed by atoms with E-state index in [1.54, 1.807) is 36.4 Å². The second-order valence-electron chi connectivity index (χ2n) is 6.52. The van der Waals surface area contributed by atoms with Crippen molar-refractivity contribution in [2.45, 2.75) is 32.7 Å². The van der Waals surface area contributed by atoms with E-state index in [1.165, 1.54) is 0 Å². The van der Waals surface area contributed by atoms with Crippen molar-refractivity contribution in [3.05, 3.63) is 65.7 Å². The molecule has 0 aliphatic carbocycles. The van der Waals surface area contributed by atoms with E-state index in [0.29, 0.717) is 17.7 Å². The topological polar surface area (TPSA) is 87.3 Å². The van der Waals surface area contributed by atoms with Gasteiger partial charge in [-0.2, -0.15) is 0 Å². The Morgan fingerprint density at radius 3 is 2.19 bits per heavy atom. The van der Waals surface area contributed by atoms with Gasteiger partial charge >= 0.3 is 0 Å². The SMILES string of the molecule is CC(C)NC(=O)Cc1ccc(NC(=O)CCNC(=O)c2ccccc2)cc1. The molecule has 2 aromatic rings. The summed E-state index contributed by atoms with van der Waals surface area (Å²) >= 11 is 0. The first-order valence-electron chi connectivity index (χ1n) is 8.95. The van der Waals surface area contributed by atoms with Gasteiger partial charge in [0, 0.05) is 30.3 Å². The Morgan fingerprint density at radius 2 is 1.56 bits per heavy atom. The van der Waals surface area contributed by atoms with Gasteiger partial charge < -0.3 is 16.0 Å². The highest BCUT2D eigenvalue weighted by Crippen LogP contribution is 2.10. The van der Waals surface area contributed by atoms with Gasteiger partial charge in [-0.1, -0.05) is 30.3 Å². The molecule has 0 unspecified atom stereocenters. The van der Waals surface area contributed by atoms with E-state index in [1.807, 2.05) is 32.0 Å². The minimum absolute atomic E-state index is 0.0315. The van der Waals surface area contributed by atoms with Gasteiger partial charge in [-0.3, -0.25) is 14.4 Å². The molecule has 2 aromatic carbocycles. The van der Waals surface area contributed by atoms with Crippen molar-refractivity contribution >= 4 is 23.4 Å². The molecule has 0 saturated heterocycles. The van der Waals surface area contributed by atoms with E-state index >= 15 is 0 Å². The molecule has 3 N–H and O–H groups in total. The van der Waals surface area contributed by atoms with Gasteiger partial charge in [0.05, 0.1) is 6.42 Å². The van der Waals surface area contributed by atoms with Crippen LogP contribution in [0.25, 0.3) is 0 Å². The number of amides is 3. The molecule has 2 rings (SSSR count). The summed E-state index contributed by atoms with van der Waals surface area (Å²) in [6, 6.07) is 16.1. The van der Waals surface area contributed by atoms with Crippen LogP contribution in [0.1, 0.15) is 36.2 Å². The molecule has 6 nitrogen and oxygen atoms in total. The standard InChI is InChI=1S/C21H25N3O3/c1-15(2)23-20(26)14-16-8-10-18(11-9-16)24-19(25)12-13-22-21(27)17-6-4-3-5-7-17/h3-11,15H,12-14H2,1-2H3,(H,22,27)(H,23,26)(H,24,25). The predicted molar refractivity (Wildman–Crippen MR) is 105 cm³/mol. The van der Waals surface area contributed by atoms with E-state index < -0.39 is 0 Å². The lowest BCUT2D eigenvalue weighted by Gasteiger charge is -2.09. The monoisotopic (exact) mass is 367 g/mol. The summed E-state index contributed by atoms with van der Waals surface area (Å²) in [4.78, 5) is 35.6. The summed E-state index contributed by atoms with van der Waals surface area (Å²) in [6.45, 7) is 4.09. The number of rotatable bonds is 8. The quantitative estimate of drug-likeness (QED) is 0.670. The molecule has 0 atom stereocenters. The molecule has 0 bridgehead atoms. The molecule has 0 aliphatic rings. The molecular formula is C21H25N3O3. The van der Waals surface area contributed by atoms with E-state index in [4.69, 9.17) is 0 Å². The van der Waals surface area contributed by atoms with Gasteiger partial charge in [-0.05, 0) is 43.7 Å². The number of carbonyl (C=O) groups is 3. The zero-order valence-corrected chi connectivity index (χ0v) is 15.6. The first-order valence-corrected chi connectivity index (χ1v) is 8.95. The number of hydrogen-bond acceptors (Lipinski definition) is 3. The smallest absolute Gasteiger partial charge is 0.251 e. The van der Waals surface area contributed by atoms with Gasteiger partial charge in [0.25, 0.3) is 5.91 Å². The Morgan fingerprint density at radius 1 is 0.889 bits per heavy atom. The van der Waals surface area contributed by atoms with Crippen molar-refractivity contribution in [2.24, 2.45) is 0 Å². The zero-order valence-electron chi connectivity index (χ0n) is 15.6. The van der Waals surface area contributed by atoms with E-state index in [0.717, 1.165) is 5.56 Å². The Labute approximate surface area is 159 Å². The second-order valence-corrected chi connectivity index (χ2v) is 6.52. The Balaban J connectivity index is 1.74. The molecule has 27 heavy (non-hydrogen) atoms. The van der Waals surface area contributed by atoms with E-state index in [9.17, 15) is 14.4 Å². The zero-order chi connectivity index (χ0) is 19.6. The summed E-state index contributed by atoms with van der Waals surface area (Å²) in [6.07, 6.45) is 0.481. The lowest BCUT2D eigenvalue weighted by atomic mass is 10.1. The molecule has 0 aliphatic heterocycles. The maximum absolute atomic E-state index is 12.0. The Bertz CT molecular complexity index is 771. The maximum Gasteiger partial charge on any atom is 0.251 e. The van der Waals surface area contributed by atoms with Crippen LogP contribution in [0.4, 0.5) is 5.69 Å². The summed E-state index contributed by atoms with van der Waals surface area (Å²) in [5, 5.41) is 8.33. The number of anilines is 1. The van der Waals surface area contributed by atoms with Crippen LogP contribution >= 0.6 is 0 Å². The Kier molecular flexibility index (Phi) is 7.55. The van der Waals surface area contributed by atoms with Crippen LogP contribution in [-0.2, 0) is 16.0 Å². The fraction of sp³-hybridized carbons (Fsp3) is 0.286. The molecule has 0 aromatic heterocycles. The van der Waals surface area contributed by atoms with Crippen LogP contribution < -0.4 is 16.0 Å². The van der Waals surface area contributed by atoms with Gasteiger partial charge in [-0.25, -0.2) is 0 Å². The van der Waals surface area contributed by atoms with Crippen LogP contribution in [0.5, 0.6) is 0 Å². The van der Waals surface area contributed by atoms with Crippen LogP contribution in [0.2, 0.25) is 0 Å². The molecular weight excluding hydrogens is 342 g/mol. The van der Waals surface area contributed by atoms with Crippen molar-refractivity contribution in [3.8, 4) is 0 Å². The molecule has 0 heterocycles. The molecule has 142 valence electrons. The highest BCUT2D eigenvalue weighted by atomic mass is 16.2. The second kappa shape index (κ2) is 10.1. The van der Waals surface area contributed by atoms with Gasteiger partial charge in [0.15, 0.2) is 0 Å². The fourth-order valence-corrected chi connectivity index (χ4v) is 2.47. The normalized spacial score (nSPS) is 10.3. The van der Waals surface area contributed by atoms with Crippen LogP contribution in [0.15, 0.2) is 54.6 Å². The highest BCUT2D eigenvalue weighted by Gasteiger charge is 2.08. The lowest BCUT2D eigenvalue weighted by Crippen LogP contribution is -2.31. The van der Waals surface area contributed by atoms with Gasteiger partial charge in [0.2, 0.25) is 11.8 Å². The third-order valence-electron chi connectivity index (χ3n) is 3.73. The molecule has 0 spiro atoms. The fourth-order valence-electron chi connectivity index (χ4n) is 2.47. The third kappa shape index (κ3) is 7.32. The average Bonchev–Trinajstić information content (AvgIpc) is 2.63. The number of carbonyl (C=O) groups excluding carboxylic acids is 3. The van der Waals surface area contributed by atoms with Crippen LogP contribution in [-0.4, -0.2) is 30.3 Å². The molecule has 0 radical (unpaired) electrons. The molecule has 0 saturated carbocycles. The van der Waals surface area contributed by atoms with Crippen molar-refractivity contribution in [1.82, 2.24) is 10.6 Å². The summed E-state index contributed by atoms with van der Waals surface area (Å²) < 4.78 is 0. The minimum Gasteiger partial charge on any atom is -0.354 e. The maximum atomic E-state index is 12.0. The lowest BCUT2D eigenvalue weighted by molar-refractivity contribution is -0.121. The number of benzene rings is 2. The predicted octanol–water partition coefficient (Wildman–Crippen LogP) is 2.51. The first-order chi connectivity index (χ1) is 12.9. The molecule has 3 amide bonds. The molecule has 0 fully saturated rings. The van der Waals surface area contributed by atoms with Crippen LogP contribution in [0.3, 0.4) is 0 Å². The number of hydrogen-bond donors (Lipinski definition) is 3.